The van der Waals surface area contributed by atoms with Crippen LogP contribution in [0.3, 0.4) is 0 Å². The molecule has 2 N–H and O–H groups in total. The van der Waals surface area contributed by atoms with E-state index in [1.807, 2.05) is 19.1 Å². The molecule has 3 rings (SSSR count). The lowest BCUT2D eigenvalue weighted by Crippen LogP contribution is -2.27. The summed E-state index contributed by atoms with van der Waals surface area (Å²) in [6.45, 7) is 2.17. The third-order valence-electron chi connectivity index (χ3n) is 3.78. The lowest BCUT2D eigenvalue weighted by atomic mass is 10.1. The molecule has 1 heterocycles. The van der Waals surface area contributed by atoms with Crippen molar-refractivity contribution in [2.45, 2.75) is 20.0 Å². The topological polar surface area (TPSA) is 88.9 Å². The van der Waals surface area contributed by atoms with Gasteiger partial charge in [0.2, 0.25) is 11.9 Å². The number of nitrogens with one attached hydrogen (secondary N) is 2. The van der Waals surface area contributed by atoms with E-state index in [1.54, 1.807) is 24.3 Å². The molecule has 0 bridgehead atoms. The fraction of sp³-hybridized carbons (Fsp3) is 0.158. The van der Waals surface area contributed by atoms with Crippen molar-refractivity contribution in [1.29, 1.82) is 0 Å². The summed E-state index contributed by atoms with van der Waals surface area (Å²) >= 11 is 0. The molecule has 0 saturated carbocycles. The van der Waals surface area contributed by atoms with Gasteiger partial charge in [0.15, 0.2) is 0 Å². The highest BCUT2D eigenvalue weighted by Crippen LogP contribution is 2.06. The number of carbonyl (C=O) groups is 2. The second-order valence-corrected chi connectivity index (χ2v) is 5.99. The number of rotatable bonds is 6. The second kappa shape index (κ2) is 8.22. The summed E-state index contributed by atoms with van der Waals surface area (Å²) in [5, 5.41) is 9.36. The molecule has 2 amide bonds. The number of halogens is 1. The summed E-state index contributed by atoms with van der Waals surface area (Å²) in [5.74, 6) is -0.811. The first kappa shape index (κ1) is 18.2. The molecule has 2 aromatic carbocycles. The molecular formula is C19H18FN5O2. The van der Waals surface area contributed by atoms with Crippen LogP contribution in [0.5, 0.6) is 0 Å². The molecule has 0 aliphatic rings. The Balaban J connectivity index is 1.51. The first-order valence-corrected chi connectivity index (χ1v) is 8.28. The van der Waals surface area contributed by atoms with E-state index in [4.69, 9.17) is 0 Å². The monoisotopic (exact) mass is 367 g/mol. The van der Waals surface area contributed by atoms with E-state index in [2.05, 4.69) is 20.7 Å². The zero-order valence-corrected chi connectivity index (χ0v) is 14.6. The number of hydrogen-bond acceptors (Lipinski definition) is 4. The summed E-state index contributed by atoms with van der Waals surface area (Å²) < 4.78 is 14.2. The summed E-state index contributed by atoms with van der Waals surface area (Å²) in [6.07, 6.45) is 1.36. The highest BCUT2D eigenvalue weighted by Gasteiger charge is 2.10. The van der Waals surface area contributed by atoms with Crippen LogP contribution in [-0.4, -0.2) is 26.6 Å². The molecule has 0 radical (unpaired) electrons. The summed E-state index contributed by atoms with van der Waals surface area (Å²) in [5.41, 5.74) is 2.34. The normalized spacial score (nSPS) is 10.4. The third kappa shape index (κ3) is 5.21. The van der Waals surface area contributed by atoms with Crippen LogP contribution in [0, 0.1) is 12.7 Å². The molecular weight excluding hydrogens is 349 g/mol. The van der Waals surface area contributed by atoms with E-state index in [-0.39, 0.29) is 36.7 Å². The maximum atomic E-state index is 12.9. The zero-order valence-electron chi connectivity index (χ0n) is 14.6. The van der Waals surface area contributed by atoms with E-state index >= 15 is 0 Å². The van der Waals surface area contributed by atoms with E-state index < -0.39 is 0 Å². The van der Waals surface area contributed by atoms with Gasteiger partial charge in [-0.1, -0.05) is 29.8 Å². The molecule has 1 aromatic heterocycles. The maximum Gasteiger partial charge on any atom is 0.258 e. The Morgan fingerprint density at radius 2 is 1.78 bits per heavy atom. The Morgan fingerprint density at radius 3 is 2.48 bits per heavy atom. The van der Waals surface area contributed by atoms with Crippen LogP contribution in [0.25, 0.3) is 0 Å². The van der Waals surface area contributed by atoms with Crippen LogP contribution in [0.15, 0.2) is 54.9 Å². The van der Waals surface area contributed by atoms with Gasteiger partial charge in [0.05, 0.1) is 0 Å². The van der Waals surface area contributed by atoms with Crippen LogP contribution in [0.4, 0.5) is 10.3 Å². The highest BCUT2D eigenvalue weighted by molar-refractivity contribution is 6.03. The largest absolute Gasteiger partial charge is 0.350 e. The third-order valence-corrected chi connectivity index (χ3v) is 3.78. The van der Waals surface area contributed by atoms with Gasteiger partial charge in [-0.25, -0.2) is 14.1 Å². The van der Waals surface area contributed by atoms with Gasteiger partial charge in [-0.15, -0.1) is 5.10 Å². The van der Waals surface area contributed by atoms with Gasteiger partial charge in [0.25, 0.3) is 5.91 Å². The minimum Gasteiger partial charge on any atom is -0.350 e. The maximum absolute atomic E-state index is 12.9. The van der Waals surface area contributed by atoms with E-state index in [0.29, 0.717) is 5.56 Å². The smallest absolute Gasteiger partial charge is 0.258 e. The van der Waals surface area contributed by atoms with Gasteiger partial charge in [0, 0.05) is 12.1 Å². The summed E-state index contributed by atoms with van der Waals surface area (Å²) in [6, 6.07) is 13.0. The summed E-state index contributed by atoms with van der Waals surface area (Å²) in [7, 11) is 0. The summed E-state index contributed by atoms with van der Waals surface area (Å²) in [4.78, 5) is 28.1. The van der Waals surface area contributed by atoms with Gasteiger partial charge >= 0.3 is 0 Å². The van der Waals surface area contributed by atoms with Gasteiger partial charge in [0.1, 0.15) is 18.7 Å². The van der Waals surface area contributed by atoms with Crippen LogP contribution >= 0.6 is 0 Å². The Hall–Kier alpha value is -3.55. The number of anilines is 1. The van der Waals surface area contributed by atoms with Crippen molar-refractivity contribution < 1.29 is 14.0 Å². The highest BCUT2D eigenvalue weighted by atomic mass is 19.1. The SMILES string of the molecule is Cc1ccc(C(=O)Nc2ncn(CC(=O)NCc3ccc(F)cc3)n2)cc1. The molecule has 0 fully saturated rings. The molecule has 7 nitrogen and oxygen atoms in total. The van der Waals surface area contributed by atoms with Gasteiger partial charge in [-0.05, 0) is 36.8 Å². The molecule has 8 heteroatoms. The van der Waals surface area contributed by atoms with Crippen molar-refractivity contribution in [3.05, 3.63) is 77.4 Å². The molecule has 0 spiro atoms. The zero-order chi connectivity index (χ0) is 19.2. The molecule has 0 aliphatic heterocycles. The number of benzene rings is 2. The van der Waals surface area contributed by atoms with Gasteiger partial charge < -0.3 is 5.32 Å². The number of carbonyl (C=O) groups excluding carboxylic acids is 2. The lowest BCUT2D eigenvalue weighted by Gasteiger charge is -2.05. The number of hydrogen-bond donors (Lipinski definition) is 2. The number of nitrogens with zero attached hydrogens (tertiary/aromatic N) is 3. The molecule has 0 saturated heterocycles. The van der Waals surface area contributed by atoms with Crippen molar-refractivity contribution >= 4 is 17.8 Å². The lowest BCUT2D eigenvalue weighted by molar-refractivity contribution is -0.122. The van der Waals surface area contributed by atoms with E-state index in [0.717, 1.165) is 11.1 Å². The fourth-order valence-corrected chi connectivity index (χ4v) is 2.31. The number of aryl methyl sites for hydroxylation is 1. The Kier molecular flexibility index (Phi) is 5.55. The van der Waals surface area contributed by atoms with Crippen molar-refractivity contribution in [2.24, 2.45) is 0 Å². The predicted octanol–water partition coefficient (Wildman–Crippen LogP) is 2.29. The molecule has 0 unspecified atom stereocenters. The molecule has 0 aliphatic carbocycles. The molecule has 0 atom stereocenters. The predicted molar refractivity (Wildman–Crippen MR) is 97.4 cm³/mol. The minimum absolute atomic E-state index is 0.0470. The molecule has 138 valence electrons. The van der Waals surface area contributed by atoms with Crippen molar-refractivity contribution in [3.63, 3.8) is 0 Å². The Morgan fingerprint density at radius 1 is 1.07 bits per heavy atom. The van der Waals surface area contributed by atoms with Gasteiger partial charge in [-0.2, -0.15) is 0 Å². The Labute approximate surface area is 155 Å². The quantitative estimate of drug-likeness (QED) is 0.700. The van der Waals surface area contributed by atoms with E-state index in [9.17, 15) is 14.0 Å². The fourth-order valence-electron chi connectivity index (χ4n) is 2.31. The molecule has 27 heavy (non-hydrogen) atoms. The second-order valence-electron chi connectivity index (χ2n) is 5.99. The minimum atomic E-state index is -0.326. The van der Waals surface area contributed by atoms with Crippen molar-refractivity contribution in [3.8, 4) is 0 Å². The standard InChI is InChI=1S/C19H18FN5O2/c1-13-2-6-15(7-3-13)18(27)23-19-22-12-25(24-19)11-17(26)21-10-14-4-8-16(20)9-5-14/h2-9,12H,10-11H2,1H3,(H,21,26)(H,23,24,27). The van der Waals surface area contributed by atoms with Gasteiger partial charge in [-0.3, -0.25) is 14.9 Å². The first-order chi connectivity index (χ1) is 13.0. The van der Waals surface area contributed by atoms with E-state index in [1.165, 1.54) is 23.1 Å². The number of amides is 2. The van der Waals surface area contributed by atoms with Crippen LogP contribution in [0.2, 0.25) is 0 Å². The van der Waals surface area contributed by atoms with Crippen LogP contribution in [0.1, 0.15) is 21.5 Å². The number of aromatic nitrogens is 3. The average Bonchev–Trinajstić information content (AvgIpc) is 3.08. The van der Waals surface area contributed by atoms with Crippen molar-refractivity contribution in [1.82, 2.24) is 20.1 Å². The van der Waals surface area contributed by atoms with Crippen molar-refractivity contribution in [2.75, 3.05) is 5.32 Å². The van der Waals surface area contributed by atoms with Crippen LogP contribution < -0.4 is 10.6 Å². The first-order valence-electron chi connectivity index (χ1n) is 8.28. The van der Waals surface area contributed by atoms with Crippen LogP contribution in [-0.2, 0) is 17.9 Å². The Bertz CT molecular complexity index is 935. The molecule has 3 aromatic rings. The average molecular weight is 367 g/mol.